The summed E-state index contributed by atoms with van der Waals surface area (Å²) < 4.78 is 32.0. The lowest BCUT2D eigenvalue weighted by Crippen LogP contribution is -2.40. The fourth-order valence-corrected chi connectivity index (χ4v) is 5.56. The van der Waals surface area contributed by atoms with Gasteiger partial charge in [0.25, 0.3) is 5.56 Å². The molecule has 0 bridgehead atoms. The SMILES string of the molecule is CCOC(=O)C1=C(c2ccccc2)N=c2s/c(=C\c3ccc(OCC#N)c(OC)c3)c(=O)n2[C@@H]1c1ccc(F)cc1. The van der Waals surface area contributed by atoms with E-state index >= 15 is 0 Å². The molecule has 0 unspecified atom stereocenters. The number of fused-ring (bicyclic) bond motifs is 1. The molecule has 5 rings (SSSR count). The van der Waals surface area contributed by atoms with Crippen LogP contribution in [0.1, 0.15) is 29.7 Å². The topological polar surface area (TPSA) is 103 Å². The first-order valence-electron chi connectivity index (χ1n) is 12.7. The number of nitrogens with zero attached hydrogens (tertiary/aromatic N) is 3. The van der Waals surface area contributed by atoms with Gasteiger partial charge in [-0.2, -0.15) is 5.26 Å². The number of rotatable bonds is 8. The van der Waals surface area contributed by atoms with Gasteiger partial charge in [-0.05, 0) is 48.4 Å². The van der Waals surface area contributed by atoms with Crippen LogP contribution in [-0.2, 0) is 9.53 Å². The molecule has 3 aromatic carbocycles. The largest absolute Gasteiger partial charge is 0.493 e. The van der Waals surface area contributed by atoms with E-state index in [2.05, 4.69) is 0 Å². The fraction of sp³-hybridized carbons (Fsp3) is 0.161. The first kappa shape index (κ1) is 27.6. The quantitative estimate of drug-likeness (QED) is 0.298. The summed E-state index contributed by atoms with van der Waals surface area (Å²) in [6.07, 6.45) is 1.69. The monoisotopic (exact) mass is 569 g/mol. The Morgan fingerprint density at radius 1 is 1.12 bits per heavy atom. The molecule has 206 valence electrons. The van der Waals surface area contributed by atoms with Gasteiger partial charge in [0.2, 0.25) is 0 Å². The molecule has 0 radical (unpaired) electrons. The van der Waals surface area contributed by atoms with Crippen LogP contribution in [-0.4, -0.2) is 30.9 Å². The van der Waals surface area contributed by atoms with Crippen molar-refractivity contribution < 1.29 is 23.4 Å². The predicted octanol–water partition coefficient (Wildman–Crippen LogP) is 3.99. The highest BCUT2D eigenvalue weighted by Gasteiger charge is 2.35. The average Bonchev–Trinajstić information content (AvgIpc) is 3.30. The van der Waals surface area contributed by atoms with Crippen LogP contribution in [0.25, 0.3) is 11.8 Å². The number of carbonyl (C=O) groups is 1. The third-order valence-corrected chi connectivity index (χ3v) is 7.32. The van der Waals surface area contributed by atoms with Crippen LogP contribution in [0.3, 0.4) is 0 Å². The Kier molecular flexibility index (Phi) is 8.08. The number of carbonyl (C=O) groups excluding carboxylic acids is 1. The van der Waals surface area contributed by atoms with Crippen LogP contribution < -0.4 is 24.4 Å². The number of benzene rings is 3. The van der Waals surface area contributed by atoms with Gasteiger partial charge >= 0.3 is 5.97 Å². The molecule has 0 aliphatic carbocycles. The van der Waals surface area contributed by atoms with E-state index in [1.54, 1.807) is 43.3 Å². The number of methoxy groups -OCH3 is 1. The lowest BCUT2D eigenvalue weighted by atomic mass is 9.93. The molecule has 0 saturated carbocycles. The summed E-state index contributed by atoms with van der Waals surface area (Å²) in [5.74, 6) is -0.254. The molecule has 41 heavy (non-hydrogen) atoms. The molecule has 0 fully saturated rings. The van der Waals surface area contributed by atoms with Crippen molar-refractivity contribution in [3.05, 3.63) is 121 Å². The summed E-state index contributed by atoms with van der Waals surface area (Å²) in [4.78, 5) is 32.6. The van der Waals surface area contributed by atoms with Crippen LogP contribution in [0.2, 0.25) is 0 Å². The number of halogens is 1. The predicted molar refractivity (Wildman–Crippen MR) is 152 cm³/mol. The molecule has 1 aliphatic heterocycles. The van der Waals surface area contributed by atoms with Crippen molar-refractivity contribution in [1.82, 2.24) is 4.57 Å². The van der Waals surface area contributed by atoms with E-state index in [-0.39, 0.29) is 24.3 Å². The van der Waals surface area contributed by atoms with Gasteiger partial charge in [0.1, 0.15) is 11.9 Å². The van der Waals surface area contributed by atoms with Crippen LogP contribution in [0, 0.1) is 17.1 Å². The third-order valence-electron chi connectivity index (χ3n) is 6.34. The molecule has 10 heteroatoms. The lowest BCUT2D eigenvalue weighted by Gasteiger charge is -2.25. The summed E-state index contributed by atoms with van der Waals surface area (Å²) in [5.41, 5.74) is 2.06. The van der Waals surface area contributed by atoms with Crippen molar-refractivity contribution in [2.75, 3.05) is 20.3 Å². The Morgan fingerprint density at radius 2 is 1.88 bits per heavy atom. The molecular weight excluding hydrogens is 545 g/mol. The van der Waals surface area contributed by atoms with Gasteiger partial charge in [-0.3, -0.25) is 9.36 Å². The zero-order valence-electron chi connectivity index (χ0n) is 22.2. The highest BCUT2D eigenvalue weighted by molar-refractivity contribution is 7.07. The maximum Gasteiger partial charge on any atom is 0.338 e. The highest BCUT2D eigenvalue weighted by atomic mass is 32.1. The van der Waals surface area contributed by atoms with Crippen molar-refractivity contribution in [3.63, 3.8) is 0 Å². The highest BCUT2D eigenvalue weighted by Crippen LogP contribution is 2.35. The first-order valence-corrected chi connectivity index (χ1v) is 13.5. The minimum absolute atomic E-state index is 0.126. The molecule has 1 aliphatic rings. The number of thiazole rings is 1. The second-order valence-electron chi connectivity index (χ2n) is 8.84. The van der Waals surface area contributed by atoms with Gasteiger partial charge in [0.05, 0.1) is 35.6 Å². The van der Waals surface area contributed by atoms with E-state index in [1.165, 1.54) is 35.1 Å². The minimum Gasteiger partial charge on any atom is -0.493 e. The second-order valence-corrected chi connectivity index (χ2v) is 9.85. The van der Waals surface area contributed by atoms with Crippen LogP contribution in [0.4, 0.5) is 4.39 Å². The van der Waals surface area contributed by atoms with Gasteiger partial charge in [-0.15, -0.1) is 0 Å². The van der Waals surface area contributed by atoms with Crippen molar-refractivity contribution in [2.24, 2.45) is 4.99 Å². The van der Waals surface area contributed by atoms with E-state index in [4.69, 9.17) is 24.5 Å². The van der Waals surface area contributed by atoms with E-state index in [0.717, 1.165) is 0 Å². The van der Waals surface area contributed by atoms with Crippen molar-refractivity contribution in [1.29, 1.82) is 5.26 Å². The number of hydrogen-bond donors (Lipinski definition) is 0. The summed E-state index contributed by atoms with van der Waals surface area (Å²) >= 11 is 1.17. The van der Waals surface area contributed by atoms with E-state index in [1.807, 2.05) is 36.4 Å². The maximum atomic E-state index is 13.9. The molecule has 4 aromatic rings. The summed E-state index contributed by atoms with van der Waals surface area (Å²) in [7, 11) is 1.48. The summed E-state index contributed by atoms with van der Waals surface area (Å²) in [5, 5.41) is 8.83. The molecule has 1 atom stereocenters. The molecule has 0 amide bonds. The molecular formula is C31H24FN3O5S. The number of nitriles is 1. The minimum atomic E-state index is -0.903. The molecule has 0 spiro atoms. The van der Waals surface area contributed by atoms with E-state index < -0.39 is 17.8 Å². The fourth-order valence-electron chi connectivity index (χ4n) is 4.56. The van der Waals surface area contributed by atoms with Crippen LogP contribution in [0.5, 0.6) is 11.5 Å². The Balaban J connectivity index is 1.75. The Labute approximate surface area is 238 Å². The molecule has 1 aromatic heterocycles. The second kappa shape index (κ2) is 12.0. The van der Waals surface area contributed by atoms with Gasteiger partial charge in [-0.1, -0.05) is 59.9 Å². The standard InChI is InChI=1S/C31H24FN3O5S/c1-3-39-30(37)26-27(20-7-5-4-6-8-20)34-31-35(28(26)21-10-12-22(32)13-11-21)29(36)25(41-31)18-19-9-14-23(40-16-15-33)24(17-19)38-2/h4-14,17-18,28H,3,16H2,1-2H3/b25-18-/t28-/m1/s1. The lowest BCUT2D eigenvalue weighted by molar-refractivity contribution is -0.138. The van der Waals surface area contributed by atoms with E-state index in [9.17, 15) is 14.0 Å². The van der Waals surface area contributed by atoms with Gasteiger partial charge in [-0.25, -0.2) is 14.2 Å². The maximum absolute atomic E-state index is 13.9. The Morgan fingerprint density at radius 3 is 2.56 bits per heavy atom. The summed E-state index contributed by atoms with van der Waals surface area (Å²) in [6, 6.07) is 21.0. The van der Waals surface area contributed by atoms with Gasteiger partial charge < -0.3 is 14.2 Å². The average molecular weight is 570 g/mol. The first-order chi connectivity index (χ1) is 19.9. The van der Waals surface area contributed by atoms with Crippen molar-refractivity contribution in [2.45, 2.75) is 13.0 Å². The number of hydrogen-bond acceptors (Lipinski definition) is 8. The van der Waals surface area contributed by atoms with Crippen molar-refractivity contribution in [3.8, 4) is 17.6 Å². The van der Waals surface area contributed by atoms with Crippen molar-refractivity contribution >= 4 is 29.1 Å². The number of aromatic nitrogens is 1. The van der Waals surface area contributed by atoms with Gasteiger partial charge in [0.15, 0.2) is 22.9 Å². The normalized spacial score (nSPS) is 14.6. The number of esters is 1. The molecule has 0 N–H and O–H groups in total. The zero-order chi connectivity index (χ0) is 28.9. The molecule has 8 nitrogen and oxygen atoms in total. The van der Waals surface area contributed by atoms with Gasteiger partial charge in [0, 0.05) is 5.56 Å². The third kappa shape index (κ3) is 5.53. The van der Waals surface area contributed by atoms with Crippen LogP contribution >= 0.6 is 11.3 Å². The van der Waals surface area contributed by atoms with Crippen LogP contribution in [0.15, 0.2) is 88.2 Å². The molecule has 0 saturated heterocycles. The smallest absolute Gasteiger partial charge is 0.338 e. The molecule has 2 heterocycles. The number of ether oxygens (including phenoxy) is 3. The van der Waals surface area contributed by atoms with E-state index in [0.29, 0.717) is 43.2 Å². The zero-order valence-corrected chi connectivity index (χ0v) is 23.0. The Bertz CT molecular complexity index is 1850. The summed E-state index contributed by atoms with van der Waals surface area (Å²) in [6.45, 7) is 1.69. The Hall–Kier alpha value is -5.01.